The molecule has 0 aliphatic carbocycles. The lowest BCUT2D eigenvalue weighted by atomic mass is 10.4. The highest BCUT2D eigenvalue weighted by molar-refractivity contribution is 7.27. The summed E-state index contributed by atoms with van der Waals surface area (Å²) in [4.78, 5) is 1.24. The molecule has 2 nitrogen and oxygen atoms in total. The standard InChI is InChI=1S/C11H20N2SSi/c1-9(12-13(2)3)10-7-8-11(14-10)15(4,5)6/h7-8,12H,1H2,2-6H3. The monoisotopic (exact) mass is 240 g/mol. The molecule has 1 aromatic rings. The fourth-order valence-corrected chi connectivity index (χ4v) is 4.04. The minimum Gasteiger partial charge on any atom is -0.319 e. The molecule has 0 unspecified atom stereocenters. The van der Waals surface area contributed by atoms with Gasteiger partial charge in [0.2, 0.25) is 0 Å². The maximum Gasteiger partial charge on any atom is 0.0904 e. The number of hydrazine groups is 1. The number of nitrogens with zero attached hydrogens (tertiary/aromatic N) is 1. The van der Waals surface area contributed by atoms with Crippen molar-refractivity contribution in [2.24, 2.45) is 0 Å². The van der Waals surface area contributed by atoms with Crippen LogP contribution in [0.4, 0.5) is 0 Å². The van der Waals surface area contributed by atoms with E-state index >= 15 is 0 Å². The lowest BCUT2D eigenvalue weighted by Crippen LogP contribution is -2.34. The SMILES string of the molecule is C=C(NN(C)C)c1ccc([Si](C)(C)C)s1. The number of rotatable bonds is 4. The van der Waals surface area contributed by atoms with Gasteiger partial charge < -0.3 is 5.43 Å². The van der Waals surface area contributed by atoms with Crippen molar-refractivity contribution >= 4 is 29.6 Å². The highest BCUT2D eigenvalue weighted by atomic mass is 32.1. The zero-order chi connectivity index (χ0) is 11.6. The Morgan fingerprint density at radius 2 is 1.93 bits per heavy atom. The summed E-state index contributed by atoms with van der Waals surface area (Å²) in [6, 6.07) is 4.41. The van der Waals surface area contributed by atoms with Gasteiger partial charge in [-0.25, -0.2) is 5.01 Å². The van der Waals surface area contributed by atoms with E-state index < -0.39 is 8.07 Å². The highest BCUT2D eigenvalue weighted by Crippen LogP contribution is 2.18. The first kappa shape index (κ1) is 12.5. The molecule has 1 heterocycles. The van der Waals surface area contributed by atoms with Gasteiger partial charge in [-0.1, -0.05) is 32.3 Å². The lowest BCUT2D eigenvalue weighted by molar-refractivity contribution is 0.353. The Morgan fingerprint density at radius 3 is 2.33 bits per heavy atom. The van der Waals surface area contributed by atoms with Gasteiger partial charge in [-0.15, -0.1) is 11.3 Å². The van der Waals surface area contributed by atoms with Crippen LogP contribution in [0.1, 0.15) is 4.88 Å². The molecule has 0 aromatic carbocycles. The van der Waals surface area contributed by atoms with Crippen LogP contribution >= 0.6 is 11.3 Å². The lowest BCUT2D eigenvalue weighted by Gasteiger charge is -2.15. The summed E-state index contributed by atoms with van der Waals surface area (Å²) in [7, 11) is 2.78. The van der Waals surface area contributed by atoms with E-state index in [1.807, 2.05) is 30.4 Å². The predicted molar refractivity (Wildman–Crippen MR) is 73.2 cm³/mol. The largest absolute Gasteiger partial charge is 0.319 e. The van der Waals surface area contributed by atoms with E-state index in [0.717, 1.165) is 5.70 Å². The molecule has 0 radical (unpaired) electrons. The number of hydrogen-bond acceptors (Lipinski definition) is 3. The fraction of sp³-hybridized carbons (Fsp3) is 0.455. The van der Waals surface area contributed by atoms with Crippen LogP contribution in [-0.2, 0) is 0 Å². The summed E-state index contributed by atoms with van der Waals surface area (Å²) in [5.74, 6) is 0. The summed E-state index contributed by atoms with van der Waals surface area (Å²) in [6.45, 7) is 11.1. The second-order valence-corrected chi connectivity index (χ2v) is 11.4. The molecule has 1 rings (SSSR count). The third kappa shape index (κ3) is 3.48. The van der Waals surface area contributed by atoms with Crippen molar-refractivity contribution in [1.29, 1.82) is 0 Å². The van der Waals surface area contributed by atoms with Gasteiger partial charge in [0.05, 0.1) is 18.6 Å². The van der Waals surface area contributed by atoms with Crippen LogP contribution in [0.25, 0.3) is 5.70 Å². The number of hydrogen-bond donors (Lipinski definition) is 1. The van der Waals surface area contributed by atoms with Crippen molar-refractivity contribution < 1.29 is 0 Å². The van der Waals surface area contributed by atoms with Gasteiger partial charge in [-0.3, -0.25) is 0 Å². The topological polar surface area (TPSA) is 15.3 Å². The van der Waals surface area contributed by atoms with Crippen LogP contribution in [0.15, 0.2) is 18.7 Å². The molecule has 1 N–H and O–H groups in total. The maximum absolute atomic E-state index is 4.03. The molecule has 0 amide bonds. The van der Waals surface area contributed by atoms with Gasteiger partial charge in [0.15, 0.2) is 0 Å². The average Bonchev–Trinajstić information content (AvgIpc) is 2.48. The van der Waals surface area contributed by atoms with Crippen LogP contribution in [0, 0.1) is 0 Å². The van der Waals surface area contributed by atoms with Gasteiger partial charge in [0, 0.05) is 14.1 Å². The molecule has 4 heteroatoms. The van der Waals surface area contributed by atoms with E-state index in [0.29, 0.717) is 0 Å². The summed E-state index contributed by atoms with van der Waals surface area (Å²) < 4.78 is 1.53. The molecule has 0 fully saturated rings. The van der Waals surface area contributed by atoms with Crippen LogP contribution in [0.2, 0.25) is 19.6 Å². The third-order valence-electron chi connectivity index (χ3n) is 2.00. The Labute approximate surface area is 97.6 Å². The van der Waals surface area contributed by atoms with E-state index in [1.54, 1.807) is 0 Å². The van der Waals surface area contributed by atoms with E-state index in [1.165, 1.54) is 9.38 Å². The molecule has 1 aromatic heterocycles. The molecular formula is C11H20N2SSi. The molecule has 0 spiro atoms. The van der Waals surface area contributed by atoms with E-state index in [9.17, 15) is 0 Å². The second kappa shape index (κ2) is 4.51. The average molecular weight is 240 g/mol. The maximum atomic E-state index is 4.03. The summed E-state index contributed by atoms with van der Waals surface area (Å²) in [5, 5.41) is 1.91. The van der Waals surface area contributed by atoms with Gasteiger partial charge in [-0.05, 0) is 10.6 Å². The van der Waals surface area contributed by atoms with Crippen LogP contribution in [-0.4, -0.2) is 27.2 Å². The highest BCUT2D eigenvalue weighted by Gasteiger charge is 2.19. The fourth-order valence-electron chi connectivity index (χ4n) is 1.23. The molecule has 15 heavy (non-hydrogen) atoms. The first-order chi connectivity index (χ1) is 6.80. The van der Waals surface area contributed by atoms with Crippen LogP contribution in [0.5, 0.6) is 0 Å². The summed E-state index contributed by atoms with van der Waals surface area (Å²) >= 11 is 1.86. The van der Waals surface area contributed by atoms with Crippen LogP contribution < -0.4 is 9.93 Å². The Bertz CT molecular complexity index is 350. The first-order valence-corrected chi connectivity index (χ1v) is 9.36. The zero-order valence-corrected chi connectivity index (χ0v) is 12.0. The zero-order valence-electron chi connectivity index (χ0n) is 10.2. The molecule has 0 saturated carbocycles. The van der Waals surface area contributed by atoms with Crippen molar-refractivity contribution in [3.63, 3.8) is 0 Å². The predicted octanol–water partition coefficient (Wildman–Crippen LogP) is 2.33. The Hall–Kier alpha value is -0.583. The van der Waals surface area contributed by atoms with Crippen molar-refractivity contribution in [2.45, 2.75) is 19.6 Å². The van der Waals surface area contributed by atoms with Gasteiger partial charge in [-0.2, -0.15) is 0 Å². The molecule has 0 aliphatic rings. The quantitative estimate of drug-likeness (QED) is 0.642. The minimum absolute atomic E-state index is 0.981. The number of thiophene rings is 1. The van der Waals surface area contributed by atoms with Gasteiger partial charge >= 0.3 is 0 Å². The van der Waals surface area contributed by atoms with E-state index in [2.05, 4.69) is 43.8 Å². The first-order valence-electron chi connectivity index (χ1n) is 5.04. The van der Waals surface area contributed by atoms with Crippen molar-refractivity contribution in [1.82, 2.24) is 10.4 Å². The molecular weight excluding hydrogens is 220 g/mol. The smallest absolute Gasteiger partial charge is 0.0904 e. The Morgan fingerprint density at radius 1 is 1.33 bits per heavy atom. The van der Waals surface area contributed by atoms with Crippen molar-refractivity contribution in [2.75, 3.05) is 14.1 Å². The molecule has 0 aliphatic heterocycles. The van der Waals surface area contributed by atoms with E-state index in [4.69, 9.17) is 0 Å². The molecule has 0 saturated heterocycles. The van der Waals surface area contributed by atoms with Gasteiger partial charge in [0.25, 0.3) is 0 Å². The Balaban J connectivity index is 2.81. The molecule has 0 bridgehead atoms. The molecule has 84 valence electrons. The number of nitrogens with one attached hydrogen (secondary N) is 1. The van der Waals surface area contributed by atoms with Crippen LogP contribution in [0.3, 0.4) is 0 Å². The Kier molecular flexibility index (Phi) is 3.75. The van der Waals surface area contributed by atoms with Crippen molar-refractivity contribution in [3.8, 4) is 0 Å². The van der Waals surface area contributed by atoms with E-state index in [-0.39, 0.29) is 0 Å². The van der Waals surface area contributed by atoms with Crippen molar-refractivity contribution in [3.05, 3.63) is 23.6 Å². The van der Waals surface area contributed by atoms with Gasteiger partial charge in [0.1, 0.15) is 0 Å². The summed E-state index contributed by atoms with van der Waals surface area (Å²) in [5.41, 5.74) is 4.17. The normalized spacial score (nSPS) is 11.9. The molecule has 0 atom stereocenters. The third-order valence-corrected chi connectivity index (χ3v) is 6.75. The second-order valence-electron chi connectivity index (χ2n) is 4.90. The summed E-state index contributed by atoms with van der Waals surface area (Å²) in [6.07, 6.45) is 0. The minimum atomic E-state index is -1.16.